The first-order valence-corrected chi connectivity index (χ1v) is 6.64. The van der Waals surface area contributed by atoms with E-state index >= 15 is 0 Å². The molecule has 0 saturated carbocycles. The van der Waals surface area contributed by atoms with Crippen molar-refractivity contribution in [2.45, 2.75) is 5.44 Å². The fourth-order valence-corrected chi connectivity index (χ4v) is 2.19. The molecular weight excluding hydrogens is 256 g/mol. The summed E-state index contributed by atoms with van der Waals surface area (Å²) < 4.78 is 35.6. The molecule has 0 aliphatic rings. The first-order chi connectivity index (χ1) is 8.41. The number of aliphatic hydroxyl groups is 1. The molecule has 96 valence electrons. The smallest absolute Gasteiger partial charge is 0.296 e. The summed E-state index contributed by atoms with van der Waals surface area (Å²) in [5, 5.41) is 11.0. The molecule has 0 unspecified atom stereocenters. The van der Waals surface area contributed by atoms with Gasteiger partial charge in [0.15, 0.2) is 0 Å². The minimum atomic E-state index is -4.51. The Morgan fingerprint density at radius 2 is 1.72 bits per heavy atom. The minimum Gasteiger partial charge on any atom is -0.497 e. The molecule has 2 aromatic carbocycles. The number of hydrogen-bond donors (Lipinski definition) is 2. The van der Waals surface area contributed by atoms with Gasteiger partial charge in [0.1, 0.15) is 5.75 Å². The van der Waals surface area contributed by atoms with Crippen molar-refractivity contribution in [1.29, 1.82) is 0 Å². The molecule has 0 aliphatic heterocycles. The van der Waals surface area contributed by atoms with Crippen LogP contribution in [0.25, 0.3) is 10.8 Å². The van der Waals surface area contributed by atoms with E-state index in [-0.39, 0.29) is 5.56 Å². The highest BCUT2D eigenvalue weighted by molar-refractivity contribution is 7.85. The molecule has 0 radical (unpaired) electrons. The van der Waals surface area contributed by atoms with Crippen LogP contribution in [0, 0.1) is 0 Å². The number of benzene rings is 2. The second kappa shape index (κ2) is 4.56. The zero-order valence-electron chi connectivity index (χ0n) is 9.57. The van der Waals surface area contributed by atoms with Crippen LogP contribution in [-0.4, -0.2) is 25.2 Å². The van der Waals surface area contributed by atoms with Gasteiger partial charge in [-0.3, -0.25) is 4.55 Å². The average molecular weight is 268 g/mol. The van der Waals surface area contributed by atoms with E-state index in [9.17, 15) is 13.5 Å². The molecule has 0 spiro atoms. The molecule has 0 aliphatic carbocycles. The van der Waals surface area contributed by atoms with Gasteiger partial charge >= 0.3 is 0 Å². The third-order valence-electron chi connectivity index (χ3n) is 2.64. The fourth-order valence-electron chi connectivity index (χ4n) is 1.69. The lowest BCUT2D eigenvalue weighted by Crippen LogP contribution is -2.10. The lowest BCUT2D eigenvalue weighted by molar-refractivity contribution is 0.238. The van der Waals surface area contributed by atoms with E-state index in [0.29, 0.717) is 5.75 Å². The Balaban J connectivity index is 2.52. The predicted molar refractivity (Wildman–Crippen MR) is 67.0 cm³/mol. The molecule has 18 heavy (non-hydrogen) atoms. The van der Waals surface area contributed by atoms with Gasteiger partial charge in [0, 0.05) is 0 Å². The van der Waals surface area contributed by atoms with Gasteiger partial charge < -0.3 is 9.84 Å². The van der Waals surface area contributed by atoms with E-state index in [1.807, 2.05) is 0 Å². The Hall–Kier alpha value is -1.63. The van der Waals surface area contributed by atoms with Gasteiger partial charge in [0.25, 0.3) is 10.1 Å². The van der Waals surface area contributed by atoms with Crippen LogP contribution >= 0.6 is 0 Å². The molecule has 2 N–H and O–H groups in total. The maximum Gasteiger partial charge on any atom is 0.296 e. The molecule has 1 atom stereocenters. The lowest BCUT2D eigenvalue weighted by atomic mass is 10.1. The van der Waals surface area contributed by atoms with Gasteiger partial charge in [-0.1, -0.05) is 18.2 Å². The molecule has 0 bridgehead atoms. The van der Waals surface area contributed by atoms with E-state index in [0.717, 1.165) is 10.8 Å². The first kappa shape index (κ1) is 12.8. The Labute approximate surface area is 104 Å². The topological polar surface area (TPSA) is 83.8 Å². The standard InChI is InChI=1S/C12H12O5S/c1-17-11-5-4-8-6-10(3-2-9(8)7-11)12(13)18(14,15)16/h2-7,12-13H,1H3,(H,14,15,16)/t12-/m1/s1. The van der Waals surface area contributed by atoms with E-state index in [2.05, 4.69) is 0 Å². The summed E-state index contributed by atoms with van der Waals surface area (Å²) in [5.41, 5.74) is -1.81. The van der Waals surface area contributed by atoms with Crippen molar-refractivity contribution in [3.63, 3.8) is 0 Å². The Morgan fingerprint density at radius 3 is 2.33 bits per heavy atom. The number of aliphatic hydroxyl groups excluding tert-OH is 1. The molecule has 2 aromatic rings. The summed E-state index contributed by atoms with van der Waals surface area (Å²) in [6.07, 6.45) is 0. The van der Waals surface area contributed by atoms with E-state index < -0.39 is 15.6 Å². The Morgan fingerprint density at radius 1 is 1.11 bits per heavy atom. The van der Waals surface area contributed by atoms with Crippen LogP contribution in [0.2, 0.25) is 0 Å². The van der Waals surface area contributed by atoms with Gasteiger partial charge in [-0.05, 0) is 34.5 Å². The predicted octanol–water partition coefficient (Wildman–Crippen LogP) is 1.73. The third-order valence-corrected chi connectivity index (χ3v) is 3.48. The highest BCUT2D eigenvalue weighted by Crippen LogP contribution is 2.26. The van der Waals surface area contributed by atoms with Crippen LogP contribution in [0.15, 0.2) is 36.4 Å². The minimum absolute atomic E-state index is 0.121. The largest absolute Gasteiger partial charge is 0.497 e. The number of fused-ring (bicyclic) bond motifs is 1. The van der Waals surface area contributed by atoms with Gasteiger partial charge in [-0.25, -0.2) is 0 Å². The maximum atomic E-state index is 10.9. The van der Waals surface area contributed by atoms with E-state index in [1.165, 1.54) is 12.1 Å². The third kappa shape index (κ3) is 2.45. The van der Waals surface area contributed by atoms with Gasteiger partial charge in [0.05, 0.1) is 7.11 Å². The number of hydrogen-bond acceptors (Lipinski definition) is 4. The zero-order valence-corrected chi connectivity index (χ0v) is 10.4. The molecular formula is C12H12O5S. The van der Waals surface area contributed by atoms with Crippen molar-refractivity contribution in [1.82, 2.24) is 0 Å². The molecule has 6 heteroatoms. The van der Waals surface area contributed by atoms with Gasteiger partial charge in [0.2, 0.25) is 5.44 Å². The summed E-state index contributed by atoms with van der Waals surface area (Å²) in [4.78, 5) is 0. The van der Waals surface area contributed by atoms with Crippen molar-refractivity contribution in [2.24, 2.45) is 0 Å². The van der Waals surface area contributed by atoms with E-state index in [1.54, 1.807) is 31.4 Å². The van der Waals surface area contributed by atoms with Crippen LogP contribution < -0.4 is 4.74 Å². The van der Waals surface area contributed by atoms with Crippen LogP contribution in [0.3, 0.4) is 0 Å². The second-order valence-electron chi connectivity index (χ2n) is 3.84. The molecule has 2 rings (SSSR count). The number of rotatable bonds is 3. The van der Waals surface area contributed by atoms with Crippen molar-refractivity contribution in [3.8, 4) is 5.75 Å². The molecule has 0 fully saturated rings. The fraction of sp³-hybridized carbons (Fsp3) is 0.167. The summed E-state index contributed by atoms with van der Waals surface area (Å²) >= 11 is 0. The van der Waals surface area contributed by atoms with Crippen LogP contribution in [-0.2, 0) is 10.1 Å². The first-order valence-electron chi connectivity index (χ1n) is 5.14. The summed E-state index contributed by atoms with van der Waals surface area (Å²) in [6.45, 7) is 0. The Kier molecular flexibility index (Phi) is 3.25. The quantitative estimate of drug-likeness (QED) is 0.828. The zero-order chi connectivity index (χ0) is 13.3. The Bertz CT molecular complexity index is 678. The molecule has 0 amide bonds. The summed E-state index contributed by atoms with van der Waals surface area (Å²) in [6, 6.07) is 9.87. The van der Waals surface area contributed by atoms with Crippen molar-refractivity contribution in [3.05, 3.63) is 42.0 Å². The SMILES string of the molecule is COc1ccc2cc([C@H](O)S(=O)(=O)O)ccc2c1. The van der Waals surface area contributed by atoms with E-state index in [4.69, 9.17) is 9.29 Å². The normalized spacial score (nSPS) is 13.5. The molecule has 5 nitrogen and oxygen atoms in total. The summed E-state index contributed by atoms with van der Waals surface area (Å²) in [5.74, 6) is 0.686. The second-order valence-corrected chi connectivity index (χ2v) is 5.32. The van der Waals surface area contributed by atoms with Crippen molar-refractivity contribution < 1.29 is 22.8 Å². The van der Waals surface area contributed by atoms with Crippen LogP contribution in [0.4, 0.5) is 0 Å². The molecule has 0 heterocycles. The monoisotopic (exact) mass is 268 g/mol. The molecule has 0 saturated heterocycles. The van der Waals surface area contributed by atoms with Crippen molar-refractivity contribution >= 4 is 20.9 Å². The van der Waals surface area contributed by atoms with Gasteiger partial charge in [-0.2, -0.15) is 8.42 Å². The summed E-state index contributed by atoms with van der Waals surface area (Å²) in [7, 11) is -2.95. The lowest BCUT2D eigenvalue weighted by Gasteiger charge is -2.09. The van der Waals surface area contributed by atoms with Gasteiger partial charge in [-0.15, -0.1) is 0 Å². The van der Waals surface area contributed by atoms with Crippen molar-refractivity contribution in [2.75, 3.05) is 7.11 Å². The highest BCUT2D eigenvalue weighted by Gasteiger charge is 2.21. The highest BCUT2D eigenvalue weighted by atomic mass is 32.2. The number of methoxy groups -OCH3 is 1. The van der Waals surface area contributed by atoms with Crippen LogP contribution in [0.5, 0.6) is 5.75 Å². The molecule has 0 aromatic heterocycles. The number of ether oxygens (including phenoxy) is 1. The average Bonchev–Trinajstić information content (AvgIpc) is 2.35. The van der Waals surface area contributed by atoms with Crippen LogP contribution in [0.1, 0.15) is 11.0 Å². The maximum absolute atomic E-state index is 10.9.